The van der Waals surface area contributed by atoms with Gasteiger partial charge in [-0.2, -0.15) is 0 Å². The van der Waals surface area contributed by atoms with Crippen molar-refractivity contribution < 1.29 is 22.7 Å². The van der Waals surface area contributed by atoms with Crippen molar-refractivity contribution in [3.63, 3.8) is 0 Å². The molecular weight excluding hydrogens is 458 g/mol. The third kappa shape index (κ3) is 5.22. The number of ether oxygens (including phenoxy) is 1. The van der Waals surface area contributed by atoms with Crippen molar-refractivity contribution in [3.05, 3.63) is 46.3 Å². The number of hydrogen-bond acceptors (Lipinski definition) is 7. The highest BCUT2D eigenvalue weighted by atomic mass is 32.2. The third-order valence-corrected chi connectivity index (χ3v) is 8.56. The third-order valence-electron chi connectivity index (χ3n) is 6.25. The van der Waals surface area contributed by atoms with E-state index in [4.69, 9.17) is 4.74 Å². The Morgan fingerprint density at radius 3 is 2.36 bits per heavy atom. The van der Waals surface area contributed by atoms with Gasteiger partial charge in [0.2, 0.25) is 9.84 Å². The molecule has 1 fully saturated rings. The number of hydrogen-bond donors (Lipinski definition) is 0. The zero-order valence-corrected chi connectivity index (χ0v) is 21.6. The lowest BCUT2D eigenvalue weighted by Gasteiger charge is -2.34. The molecule has 2 atom stereocenters. The molecule has 1 saturated heterocycles. The Kier molecular flexibility index (Phi) is 7.49. The average Bonchev–Trinajstić information content (AvgIpc) is 3.32. The number of carbonyl (C=O) groups excluding carboxylic acids is 2. The van der Waals surface area contributed by atoms with E-state index < -0.39 is 38.7 Å². The minimum Gasteiger partial charge on any atom is -0.450 e. The molecule has 0 bridgehead atoms. The van der Waals surface area contributed by atoms with Gasteiger partial charge < -0.3 is 4.74 Å². The maximum atomic E-state index is 13.7. The number of nitrogens with zero attached hydrogens (tertiary/aromatic N) is 1. The van der Waals surface area contributed by atoms with E-state index in [1.165, 1.54) is 22.2 Å². The second-order valence-electron chi connectivity index (χ2n) is 9.93. The van der Waals surface area contributed by atoms with Crippen molar-refractivity contribution in [1.82, 2.24) is 4.98 Å². The van der Waals surface area contributed by atoms with Gasteiger partial charge in [0, 0.05) is 11.3 Å². The maximum Gasteiger partial charge on any atom is 0.318 e. The smallest absolute Gasteiger partial charge is 0.318 e. The van der Waals surface area contributed by atoms with Gasteiger partial charge in [0.25, 0.3) is 0 Å². The number of benzene rings is 1. The zero-order chi connectivity index (χ0) is 24.4. The van der Waals surface area contributed by atoms with Crippen LogP contribution in [0.25, 0.3) is 0 Å². The molecule has 2 heterocycles. The number of thiazole rings is 1. The van der Waals surface area contributed by atoms with Crippen LogP contribution in [-0.2, 0) is 29.9 Å². The second-order valence-corrected chi connectivity index (χ2v) is 12.6. The van der Waals surface area contributed by atoms with Crippen molar-refractivity contribution >= 4 is 32.9 Å². The van der Waals surface area contributed by atoms with Crippen LogP contribution in [0.15, 0.2) is 40.2 Å². The number of sulfone groups is 1. The van der Waals surface area contributed by atoms with Gasteiger partial charge in [-0.05, 0) is 29.4 Å². The minimum atomic E-state index is -3.58. The fourth-order valence-electron chi connectivity index (χ4n) is 4.98. The Hall–Kier alpha value is -2.06. The van der Waals surface area contributed by atoms with Crippen molar-refractivity contribution in [1.29, 1.82) is 0 Å². The summed E-state index contributed by atoms with van der Waals surface area (Å²) in [5.41, 5.74) is 1.38. The van der Waals surface area contributed by atoms with E-state index >= 15 is 0 Å². The molecule has 0 aliphatic carbocycles. The molecule has 8 heteroatoms. The van der Waals surface area contributed by atoms with Gasteiger partial charge in [0.15, 0.2) is 16.4 Å². The fraction of sp³-hybridized carbons (Fsp3) is 0.560. The van der Waals surface area contributed by atoms with Gasteiger partial charge in [0.1, 0.15) is 5.92 Å². The second kappa shape index (κ2) is 9.66. The number of rotatable bonds is 9. The standard InChI is InChI=1S/C25H33NO5S2/c1-6-11-25(12-7-2)22(27)20(23(28)31-25)21(24(3,4)5)18-10-8-9-17(13-18)15-33(29,30)19-14-32-16-26-19/h8-10,13-14,16,20-21H,6-7,11-12,15H2,1-5H3. The molecule has 1 aliphatic rings. The van der Waals surface area contributed by atoms with Crippen LogP contribution in [0, 0.1) is 11.3 Å². The number of carbonyl (C=O) groups is 2. The first-order valence-corrected chi connectivity index (χ1v) is 14.0. The molecule has 33 heavy (non-hydrogen) atoms. The zero-order valence-electron chi connectivity index (χ0n) is 20.0. The molecule has 0 N–H and O–H groups in total. The lowest BCUT2D eigenvalue weighted by molar-refractivity contribution is -0.154. The topological polar surface area (TPSA) is 90.4 Å². The summed E-state index contributed by atoms with van der Waals surface area (Å²) in [5.74, 6) is -2.15. The van der Waals surface area contributed by atoms with Crippen LogP contribution in [0.2, 0.25) is 0 Å². The fourth-order valence-corrected chi connectivity index (χ4v) is 7.19. The summed E-state index contributed by atoms with van der Waals surface area (Å²) < 4.78 is 31.3. The summed E-state index contributed by atoms with van der Waals surface area (Å²) >= 11 is 1.23. The van der Waals surface area contributed by atoms with Crippen molar-refractivity contribution in [3.8, 4) is 0 Å². The van der Waals surface area contributed by atoms with Gasteiger partial charge in [-0.1, -0.05) is 71.7 Å². The predicted molar refractivity (Wildman–Crippen MR) is 129 cm³/mol. The summed E-state index contributed by atoms with van der Waals surface area (Å²) in [7, 11) is -3.58. The maximum absolute atomic E-state index is 13.7. The Labute approximate surface area is 200 Å². The molecule has 180 valence electrons. The molecular formula is C25H33NO5S2. The molecule has 0 radical (unpaired) electrons. The molecule has 0 saturated carbocycles. The van der Waals surface area contributed by atoms with E-state index in [1.54, 1.807) is 18.2 Å². The highest BCUT2D eigenvalue weighted by molar-refractivity contribution is 7.90. The summed E-state index contributed by atoms with van der Waals surface area (Å²) in [6.45, 7) is 9.96. The van der Waals surface area contributed by atoms with Gasteiger partial charge >= 0.3 is 5.97 Å². The summed E-state index contributed by atoms with van der Waals surface area (Å²) in [5, 5.41) is 1.58. The van der Waals surface area contributed by atoms with Crippen LogP contribution in [0.5, 0.6) is 0 Å². The van der Waals surface area contributed by atoms with Crippen molar-refractivity contribution in [2.75, 3.05) is 0 Å². The average molecular weight is 492 g/mol. The van der Waals surface area contributed by atoms with Gasteiger partial charge in [-0.3, -0.25) is 9.59 Å². The lowest BCUT2D eigenvalue weighted by Crippen LogP contribution is -2.40. The molecule has 2 aromatic rings. The van der Waals surface area contributed by atoms with Crippen LogP contribution in [0.4, 0.5) is 0 Å². The van der Waals surface area contributed by atoms with E-state index in [1.807, 2.05) is 40.7 Å². The number of aromatic nitrogens is 1. The monoisotopic (exact) mass is 491 g/mol. The summed E-state index contributed by atoms with van der Waals surface area (Å²) in [4.78, 5) is 30.8. The van der Waals surface area contributed by atoms with Crippen molar-refractivity contribution in [2.24, 2.45) is 11.3 Å². The van der Waals surface area contributed by atoms with Crippen LogP contribution >= 0.6 is 11.3 Å². The van der Waals surface area contributed by atoms with Gasteiger partial charge in [0.05, 0.1) is 11.3 Å². The SMILES string of the molecule is CCCC1(CCC)OC(=O)C(C(c2cccc(CS(=O)(=O)c3cscn3)c2)C(C)(C)C)C1=O. The highest BCUT2D eigenvalue weighted by Gasteiger charge is 2.58. The van der Waals surface area contributed by atoms with E-state index in [0.717, 1.165) is 18.4 Å². The van der Waals surface area contributed by atoms with Crippen LogP contribution in [-0.4, -0.2) is 30.8 Å². The predicted octanol–water partition coefficient (Wildman–Crippen LogP) is 5.33. The van der Waals surface area contributed by atoms with Crippen molar-refractivity contribution in [2.45, 2.75) is 82.6 Å². The van der Waals surface area contributed by atoms with E-state index in [9.17, 15) is 18.0 Å². The molecule has 1 aliphatic heterocycles. The van der Waals surface area contributed by atoms with Gasteiger partial charge in [-0.15, -0.1) is 11.3 Å². The van der Waals surface area contributed by atoms with Crippen LogP contribution in [0.3, 0.4) is 0 Å². The molecule has 0 spiro atoms. The minimum absolute atomic E-state index is 0.0590. The van der Waals surface area contributed by atoms with Crippen LogP contribution < -0.4 is 0 Å². The highest BCUT2D eigenvalue weighted by Crippen LogP contribution is 2.48. The number of cyclic esters (lactones) is 1. The van der Waals surface area contributed by atoms with Crippen LogP contribution in [0.1, 0.15) is 77.3 Å². The summed E-state index contributed by atoms with van der Waals surface area (Å²) in [6.07, 6.45) is 2.53. The number of ketones is 1. The molecule has 2 unspecified atom stereocenters. The molecule has 1 aromatic heterocycles. The first-order valence-electron chi connectivity index (χ1n) is 11.4. The van der Waals surface area contributed by atoms with E-state index in [0.29, 0.717) is 18.4 Å². The Morgan fingerprint density at radius 2 is 1.82 bits per heavy atom. The first-order chi connectivity index (χ1) is 15.4. The quantitative estimate of drug-likeness (QED) is 0.348. The normalized spacial score (nSPS) is 19.5. The van der Waals surface area contributed by atoms with Gasteiger partial charge in [-0.25, -0.2) is 13.4 Å². The first kappa shape index (κ1) is 25.6. The number of esters is 1. The molecule has 3 rings (SSSR count). The van der Waals surface area contributed by atoms with E-state index in [-0.39, 0.29) is 16.6 Å². The molecule has 1 aromatic carbocycles. The number of Topliss-reactive ketones (excluding diaryl/α,β-unsaturated/α-hetero) is 1. The summed E-state index contributed by atoms with van der Waals surface area (Å²) in [6, 6.07) is 7.21. The largest absolute Gasteiger partial charge is 0.450 e. The Balaban J connectivity index is 2.00. The Morgan fingerprint density at radius 1 is 1.15 bits per heavy atom. The lowest BCUT2D eigenvalue weighted by atomic mass is 9.66. The van der Waals surface area contributed by atoms with E-state index in [2.05, 4.69) is 4.98 Å². The molecule has 6 nitrogen and oxygen atoms in total. The molecule has 0 amide bonds. The Bertz CT molecular complexity index is 1090.